The number of hydrogen-bond acceptors (Lipinski definition) is 4. The number of nitrogens with one attached hydrogen (secondary N) is 1. The fourth-order valence-corrected chi connectivity index (χ4v) is 2.81. The first-order valence-corrected chi connectivity index (χ1v) is 7.62. The molecule has 1 aliphatic heterocycles. The minimum Gasteiger partial charge on any atom is -0.395 e. The summed E-state index contributed by atoms with van der Waals surface area (Å²) in [6.07, 6.45) is 3.72. The summed E-state index contributed by atoms with van der Waals surface area (Å²) < 4.78 is 5.68. The van der Waals surface area contributed by atoms with Crippen LogP contribution in [0.5, 0.6) is 0 Å². The molecule has 1 saturated heterocycles. The Kier molecular flexibility index (Phi) is 4.88. The highest BCUT2D eigenvalue weighted by atomic mass is 16.5. The quantitative estimate of drug-likeness (QED) is 0.730. The maximum atomic E-state index is 9.24. The van der Waals surface area contributed by atoms with Crippen molar-refractivity contribution in [3.8, 4) is 0 Å². The van der Waals surface area contributed by atoms with E-state index < -0.39 is 0 Å². The molecule has 4 nitrogen and oxygen atoms in total. The Hall–Kier alpha value is -0.160. The van der Waals surface area contributed by atoms with Crippen molar-refractivity contribution in [1.29, 1.82) is 0 Å². The normalized spacial score (nSPS) is 28.3. The Morgan fingerprint density at radius 3 is 2.58 bits per heavy atom. The number of aliphatic hydroxyl groups is 1. The van der Waals surface area contributed by atoms with Crippen LogP contribution in [0.4, 0.5) is 0 Å². The first kappa shape index (κ1) is 15.2. The van der Waals surface area contributed by atoms with Crippen molar-refractivity contribution < 1.29 is 9.84 Å². The molecule has 0 spiro atoms. The zero-order valence-corrected chi connectivity index (χ0v) is 12.7. The van der Waals surface area contributed by atoms with Gasteiger partial charge in [0.25, 0.3) is 0 Å². The highest BCUT2D eigenvalue weighted by Crippen LogP contribution is 2.34. The van der Waals surface area contributed by atoms with Gasteiger partial charge in [0.15, 0.2) is 0 Å². The van der Waals surface area contributed by atoms with Gasteiger partial charge in [-0.3, -0.25) is 4.90 Å². The second kappa shape index (κ2) is 6.08. The van der Waals surface area contributed by atoms with E-state index in [2.05, 4.69) is 31.0 Å². The van der Waals surface area contributed by atoms with E-state index in [4.69, 9.17) is 4.74 Å². The lowest BCUT2D eigenvalue weighted by molar-refractivity contribution is 0.0880. The molecule has 2 fully saturated rings. The average Bonchev–Trinajstić information content (AvgIpc) is 3.07. The molecule has 19 heavy (non-hydrogen) atoms. The van der Waals surface area contributed by atoms with Crippen LogP contribution >= 0.6 is 0 Å². The third kappa shape index (κ3) is 4.71. The molecule has 1 unspecified atom stereocenters. The highest BCUT2D eigenvalue weighted by molar-refractivity contribution is 4.94. The molecule has 112 valence electrons. The molecule has 0 amide bonds. The van der Waals surface area contributed by atoms with Crippen LogP contribution in [-0.4, -0.2) is 61.0 Å². The molecule has 0 aromatic rings. The maximum absolute atomic E-state index is 9.24. The summed E-state index contributed by atoms with van der Waals surface area (Å²) in [4.78, 5) is 2.47. The standard InChI is InChI=1S/C15H30N2O2/c1-14(2,3)16-10-15(6-9-19-12-15)11-17(7-8-18)13-4-5-13/h13,16,18H,4-12H2,1-3H3. The Morgan fingerprint density at radius 1 is 1.37 bits per heavy atom. The van der Waals surface area contributed by atoms with Gasteiger partial charge in [-0.25, -0.2) is 0 Å². The number of nitrogens with zero attached hydrogens (tertiary/aromatic N) is 1. The van der Waals surface area contributed by atoms with Gasteiger partial charge in [-0.2, -0.15) is 0 Å². The van der Waals surface area contributed by atoms with Gasteiger partial charge in [-0.15, -0.1) is 0 Å². The van der Waals surface area contributed by atoms with E-state index in [9.17, 15) is 5.11 Å². The number of rotatable bonds is 7. The first-order valence-electron chi connectivity index (χ1n) is 7.62. The fourth-order valence-electron chi connectivity index (χ4n) is 2.81. The average molecular weight is 270 g/mol. The van der Waals surface area contributed by atoms with E-state index in [1.165, 1.54) is 12.8 Å². The summed E-state index contributed by atoms with van der Waals surface area (Å²) in [7, 11) is 0. The highest BCUT2D eigenvalue weighted by Gasteiger charge is 2.40. The molecule has 0 radical (unpaired) electrons. The largest absolute Gasteiger partial charge is 0.395 e. The fraction of sp³-hybridized carbons (Fsp3) is 1.00. The Labute approximate surface area is 117 Å². The summed E-state index contributed by atoms with van der Waals surface area (Å²) >= 11 is 0. The monoisotopic (exact) mass is 270 g/mol. The maximum Gasteiger partial charge on any atom is 0.0558 e. The van der Waals surface area contributed by atoms with Crippen LogP contribution in [0.3, 0.4) is 0 Å². The van der Waals surface area contributed by atoms with E-state index >= 15 is 0 Å². The van der Waals surface area contributed by atoms with Crippen molar-refractivity contribution in [2.24, 2.45) is 5.41 Å². The van der Waals surface area contributed by atoms with Crippen LogP contribution in [-0.2, 0) is 4.74 Å². The lowest BCUT2D eigenvalue weighted by atomic mass is 9.85. The number of aliphatic hydroxyl groups excluding tert-OH is 1. The van der Waals surface area contributed by atoms with Gasteiger partial charge in [0.1, 0.15) is 0 Å². The molecule has 1 heterocycles. The first-order chi connectivity index (χ1) is 8.94. The predicted molar refractivity (Wildman–Crippen MR) is 77.3 cm³/mol. The molecular formula is C15H30N2O2. The van der Waals surface area contributed by atoms with Gasteiger partial charge in [-0.1, -0.05) is 0 Å². The topological polar surface area (TPSA) is 44.7 Å². The molecule has 2 rings (SSSR count). The molecule has 1 atom stereocenters. The van der Waals surface area contributed by atoms with Crippen LogP contribution in [0.1, 0.15) is 40.0 Å². The molecule has 2 N–H and O–H groups in total. The van der Waals surface area contributed by atoms with Crippen molar-refractivity contribution >= 4 is 0 Å². The van der Waals surface area contributed by atoms with Crippen LogP contribution in [0.15, 0.2) is 0 Å². The van der Waals surface area contributed by atoms with E-state index in [0.717, 1.165) is 39.3 Å². The van der Waals surface area contributed by atoms with E-state index in [-0.39, 0.29) is 17.6 Å². The Morgan fingerprint density at radius 2 is 2.11 bits per heavy atom. The molecule has 1 saturated carbocycles. The van der Waals surface area contributed by atoms with Gasteiger partial charge in [0.05, 0.1) is 13.2 Å². The van der Waals surface area contributed by atoms with E-state index in [0.29, 0.717) is 6.04 Å². The molecule has 0 aromatic carbocycles. The second-order valence-corrected chi connectivity index (χ2v) is 7.33. The SMILES string of the molecule is CC(C)(C)NCC1(CN(CCO)C2CC2)CCOC1. The lowest BCUT2D eigenvalue weighted by Gasteiger charge is -2.36. The van der Waals surface area contributed by atoms with Gasteiger partial charge in [-0.05, 0) is 40.0 Å². The van der Waals surface area contributed by atoms with Crippen molar-refractivity contribution in [2.45, 2.75) is 51.6 Å². The summed E-state index contributed by atoms with van der Waals surface area (Å²) in [6, 6.07) is 0.708. The Bertz CT molecular complexity index is 278. The summed E-state index contributed by atoms with van der Waals surface area (Å²) in [6.45, 7) is 11.5. The second-order valence-electron chi connectivity index (χ2n) is 7.33. The third-order valence-corrected chi connectivity index (χ3v) is 4.17. The smallest absolute Gasteiger partial charge is 0.0558 e. The molecule has 4 heteroatoms. The van der Waals surface area contributed by atoms with Crippen molar-refractivity contribution in [2.75, 3.05) is 39.5 Å². The van der Waals surface area contributed by atoms with Crippen LogP contribution in [0.25, 0.3) is 0 Å². The molecule has 0 aromatic heterocycles. The zero-order valence-electron chi connectivity index (χ0n) is 12.7. The predicted octanol–water partition coefficient (Wildman–Crippen LogP) is 1.24. The molecule has 1 aliphatic carbocycles. The van der Waals surface area contributed by atoms with Gasteiger partial charge >= 0.3 is 0 Å². The number of ether oxygens (including phenoxy) is 1. The number of hydrogen-bond donors (Lipinski definition) is 2. The van der Waals surface area contributed by atoms with Crippen molar-refractivity contribution in [3.63, 3.8) is 0 Å². The molecular weight excluding hydrogens is 240 g/mol. The van der Waals surface area contributed by atoms with Crippen LogP contribution in [0.2, 0.25) is 0 Å². The summed E-state index contributed by atoms with van der Waals surface area (Å²) in [5.41, 5.74) is 0.377. The minimum absolute atomic E-state index is 0.150. The lowest BCUT2D eigenvalue weighted by Crippen LogP contribution is -2.50. The van der Waals surface area contributed by atoms with Crippen LogP contribution < -0.4 is 5.32 Å². The Balaban J connectivity index is 1.93. The summed E-state index contributed by atoms with van der Waals surface area (Å²) in [5, 5.41) is 12.9. The molecule has 2 aliphatic rings. The zero-order chi connectivity index (χ0) is 13.9. The van der Waals surface area contributed by atoms with Crippen molar-refractivity contribution in [3.05, 3.63) is 0 Å². The van der Waals surface area contributed by atoms with Gasteiger partial charge in [0, 0.05) is 43.2 Å². The van der Waals surface area contributed by atoms with Gasteiger partial charge in [0.2, 0.25) is 0 Å². The van der Waals surface area contributed by atoms with Crippen molar-refractivity contribution in [1.82, 2.24) is 10.2 Å². The third-order valence-electron chi connectivity index (χ3n) is 4.17. The van der Waals surface area contributed by atoms with E-state index in [1.54, 1.807) is 0 Å². The van der Waals surface area contributed by atoms with E-state index in [1.807, 2.05) is 0 Å². The van der Waals surface area contributed by atoms with Crippen LogP contribution in [0, 0.1) is 5.41 Å². The van der Waals surface area contributed by atoms with Gasteiger partial charge < -0.3 is 15.2 Å². The minimum atomic E-state index is 0.150. The molecule has 0 bridgehead atoms. The summed E-state index contributed by atoms with van der Waals surface area (Å²) in [5.74, 6) is 0.